The van der Waals surface area contributed by atoms with Crippen LogP contribution in [-0.2, 0) is 9.59 Å². The van der Waals surface area contributed by atoms with Crippen molar-refractivity contribution < 1.29 is 18.4 Å². The summed E-state index contributed by atoms with van der Waals surface area (Å²) in [5.41, 5.74) is 0.0767. The highest BCUT2D eigenvalue weighted by Gasteiger charge is 2.32. The van der Waals surface area contributed by atoms with E-state index in [9.17, 15) is 14.0 Å². The second-order valence-corrected chi connectivity index (χ2v) is 6.18. The maximum atomic E-state index is 13.5. The van der Waals surface area contributed by atoms with Gasteiger partial charge in [-0.05, 0) is 24.3 Å². The molecule has 0 radical (unpaired) electrons. The summed E-state index contributed by atoms with van der Waals surface area (Å²) in [6.07, 6.45) is 2.80. The molecule has 0 bridgehead atoms. The van der Waals surface area contributed by atoms with Crippen molar-refractivity contribution in [3.8, 4) is 0 Å². The Hall–Kier alpha value is -2.94. The first-order valence-corrected chi connectivity index (χ1v) is 8.16. The van der Waals surface area contributed by atoms with Crippen LogP contribution < -0.4 is 10.6 Å². The fourth-order valence-corrected chi connectivity index (χ4v) is 2.95. The molecule has 2 aromatic rings. The van der Waals surface area contributed by atoms with E-state index in [4.69, 9.17) is 4.42 Å². The van der Waals surface area contributed by atoms with Crippen molar-refractivity contribution in [2.24, 2.45) is 10.2 Å². The lowest BCUT2D eigenvalue weighted by molar-refractivity contribution is -0.122. The molecule has 1 atom stereocenters. The smallest absolute Gasteiger partial charge is 0.240 e. The van der Waals surface area contributed by atoms with E-state index in [2.05, 4.69) is 20.8 Å². The maximum absolute atomic E-state index is 13.5. The van der Waals surface area contributed by atoms with Gasteiger partial charge >= 0.3 is 0 Å². The number of amides is 2. The number of amidine groups is 1. The molecule has 1 fully saturated rings. The lowest BCUT2D eigenvalue weighted by atomic mass is 10.2. The highest BCUT2D eigenvalue weighted by atomic mass is 32.2. The van der Waals surface area contributed by atoms with Gasteiger partial charge in [0.1, 0.15) is 16.8 Å². The average molecular weight is 360 g/mol. The Labute approximate surface area is 146 Å². The minimum Gasteiger partial charge on any atom is -0.463 e. The predicted molar refractivity (Wildman–Crippen MR) is 92.9 cm³/mol. The van der Waals surface area contributed by atoms with E-state index in [1.165, 1.54) is 30.7 Å². The Morgan fingerprint density at radius 1 is 1.36 bits per heavy atom. The van der Waals surface area contributed by atoms with E-state index in [1.54, 1.807) is 18.2 Å². The van der Waals surface area contributed by atoms with Crippen LogP contribution >= 0.6 is 11.8 Å². The Morgan fingerprint density at radius 2 is 2.20 bits per heavy atom. The summed E-state index contributed by atoms with van der Waals surface area (Å²) in [4.78, 5) is 23.9. The van der Waals surface area contributed by atoms with Crippen LogP contribution in [0.25, 0.3) is 0 Å². The summed E-state index contributed by atoms with van der Waals surface area (Å²) in [6, 6.07) is 9.25. The van der Waals surface area contributed by atoms with Crippen molar-refractivity contribution >= 4 is 40.6 Å². The normalized spacial score (nSPS) is 18.7. The Kier molecular flexibility index (Phi) is 5.24. The molecule has 1 aliphatic heterocycles. The zero-order valence-corrected chi connectivity index (χ0v) is 13.6. The van der Waals surface area contributed by atoms with Gasteiger partial charge in [-0.15, -0.1) is 5.10 Å². The number of thioether (sulfide) groups is 1. The van der Waals surface area contributed by atoms with Gasteiger partial charge in [0.25, 0.3) is 0 Å². The number of hydrogen-bond donors (Lipinski definition) is 2. The number of para-hydroxylation sites is 1. The number of hydrogen-bond acceptors (Lipinski definition) is 6. The largest absolute Gasteiger partial charge is 0.463 e. The third kappa shape index (κ3) is 4.54. The number of benzene rings is 1. The molecule has 25 heavy (non-hydrogen) atoms. The summed E-state index contributed by atoms with van der Waals surface area (Å²) < 4.78 is 18.6. The molecular weight excluding hydrogens is 347 g/mol. The van der Waals surface area contributed by atoms with Crippen molar-refractivity contribution in [3.63, 3.8) is 0 Å². The lowest BCUT2D eigenvalue weighted by Crippen LogP contribution is -2.28. The molecule has 1 aromatic carbocycles. The van der Waals surface area contributed by atoms with Gasteiger partial charge in [-0.1, -0.05) is 23.9 Å². The van der Waals surface area contributed by atoms with Crippen LogP contribution in [0.4, 0.5) is 10.1 Å². The summed E-state index contributed by atoms with van der Waals surface area (Å²) in [6.45, 7) is 0. The van der Waals surface area contributed by atoms with Crippen LogP contribution in [0, 0.1) is 5.82 Å². The molecule has 7 nitrogen and oxygen atoms in total. The van der Waals surface area contributed by atoms with Gasteiger partial charge in [0.15, 0.2) is 5.17 Å². The molecule has 1 saturated heterocycles. The van der Waals surface area contributed by atoms with Crippen molar-refractivity contribution in [2.45, 2.75) is 11.7 Å². The summed E-state index contributed by atoms with van der Waals surface area (Å²) in [7, 11) is 0. The molecule has 9 heteroatoms. The third-order valence-corrected chi connectivity index (χ3v) is 4.24. The first-order valence-electron chi connectivity index (χ1n) is 7.28. The Balaban J connectivity index is 1.55. The highest BCUT2D eigenvalue weighted by molar-refractivity contribution is 8.15. The fraction of sp³-hybridized carbons (Fsp3) is 0.125. The maximum Gasteiger partial charge on any atom is 0.240 e. The van der Waals surface area contributed by atoms with Crippen LogP contribution in [0.15, 0.2) is 57.3 Å². The van der Waals surface area contributed by atoms with Gasteiger partial charge in [0, 0.05) is 6.42 Å². The van der Waals surface area contributed by atoms with E-state index < -0.39 is 17.0 Å². The topological polar surface area (TPSA) is 96.1 Å². The van der Waals surface area contributed by atoms with E-state index >= 15 is 0 Å². The van der Waals surface area contributed by atoms with Gasteiger partial charge in [0.2, 0.25) is 11.8 Å². The SMILES string of the molecule is O=C(CC1S/C(=N/N=Cc2ccco2)NC1=O)Nc1ccccc1F. The van der Waals surface area contributed by atoms with Gasteiger partial charge < -0.3 is 15.1 Å². The van der Waals surface area contributed by atoms with E-state index in [0.29, 0.717) is 5.76 Å². The monoisotopic (exact) mass is 360 g/mol. The van der Waals surface area contributed by atoms with Crippen molar-refractivity contribution in [1.82, 2.24) is 5.32 Å². The molecule has 2 N–H and O–H groups in total. The minimum absolute atomic E-state index is 0.0767. The van der Waals surface area contributed by atoms with E-state index in [1.807, 2.05) is 0 Å². The highest BCUT2D eigenvalue weighted by Crippen LogP contribution is 2.23. The van der Waals surface area contributed by atoms with Crippen molar-refractivity contribution in [3.05, 3.63) is 54.2 Å². The number of halogens is 1. The van der Waals surface area contributed by atoms with Gasteiger partial charge in [-0.3, -0.25) is 9.59 Å². The van der Waals surface area contributed by atoms with Gasteiger partial charge in [-0.25, -0.2) is 4.39 Å². The molecule has 1 unspecified atom stereocenters. The number of nitrogens with one attached hydrogen (secondary N) is 2. The molecule has 0 spiro atoms. The first kappa shape index (κ1) is 16.9. The number of carbonyl (C=O) groups excluding carboxylic acids is 2. The van der Waals surface area contributed by atoms with Crippen molar-refractivity contribution in [2.75, 3.05) is 5.32 Å². The Morgan fingerprint density at radius 3 is 2.96 bits per heavy atom. The second-order valence-electron chi connectivity index (χ2n) is 4.99. The molecule has 128 valence electrons. The summed E-state index contributed by atoms with van der Waals surface area (Å²) in [5, 5.41) is 12.3. The number of anilines is 1. The second kappa shape index (κ2) is 7.75. The zero-order chi connectivity index (χ0) is 17.6. The number of nitrogens with zero attached hydrogens (tertiary/aromatic N) is 2. The zero-order valence-electron chi connectivity index (χ0n) is 12.8. The third-order valence-electron chi connectivity index (χ3n) is 3.17. The molecule has 1 aliphatic rings. The minimum atomic E-state index is -0.649. The molecule has 2 amide bonds. The van der Waals surface area contributed by atoms with Crippen LogP contribution in [-0.4, -0.2) is 28.4 Å². The number of rotatable bonds is 5. The standard InChI is InChI=1S/C16H13FN4O3S/c17-11-5-1-2-6-12(11)19-14(22)8-13-15(23)20-16(25-13)21-18-9-10-4-3-7-24-10/h1-7,9,13H,8H2,(H,19,22)(H,20,21,23). The van der Waals surface area contributed by atoms with E-state index in [0.717, 1.165) is 11.8 Å². The molecule has 0 saturated carbocycles. The molecule has 3 rings (SSSR count). The van der Waals surface area contributed by atoms with Crippen LogP contribution in [0.2, 0.25) is 0 Å². The number of furan rings is 1. The van der Waals surface area contributed by atoms with Crippen LogP contribution in [0.1, 0.15) is 12.2 Å². The summed E-state index contributed by atoms with van der Waals surface area (Å²) >= 11 is 1.09. The lowest BCUT2D eigenvalue weighted by Gasteiger charge is -2.07. The molecule has 2 heterocycles. The van der Waals surface area contributed by atoms with E-state index in [-0.39, 0.29) is 23.2 Å². The van der Waals surface area contributed by atoms with Crippen LogP contribution in [0.3, 0.4) is 0 Å². The van der Waals surface area contributed by atoms with Crippen molar-refractivity contribution in [1.29, 1.82) is 0 Å². The average Bonchev–Trinajstić information content (AvgIpc) is 3.20. The van der Waals surface area contributed by atoms with Gasteiger partial charge in [0.05, 0.1) is 18.2 Å². The molecule has 0 aliphatic carbocycles. The number of carbonyl (C=O) groups is 2. The molecular formula is C16H13FN4O3S. The molecule has 1 aromatic heterocycles. The quantitative estimate of drug-likeness (QED) is 0.632. The Bertz CT molecular complexity index is 836. The first-order chi connectivity index (χ1) is 12.1. The predicted octanol–water partition coefficient (Wildman–Crippen LogP) is 2.37. The summed E-state index contributed by atoms with van der Waals surface area (Å²) in [5.74, 6) is -0.813. The van der Waals surface area contributed by atoms with Crippen LogP contribution in [0.5, 0.6) is 0 Å². The fourth-order valence-electron chi connectivity index (χ4n) is 2.02. The van der Waals surface area contributed by atoms with Gasteiger partial charge in [-0.2, -0.15) is 5.10 Å².